The molecule has 4 rings (SSSR count). The number of ether oxygens (including phenoxy) is 1. The molecule has 0 bridgehead atoms. The molecular formula is C26H26FN5O3. The summed E-state index contributed by atoms with van der Waals surface area (Å²) in [6.07, 6.45) is 0.150. The molecule has 1 aliphatic rings. The van der Waals surface area contributed by atoms with Gasteiger partial charge in [-0.2, -0.15) is 0 Å². The lowest BCUT2D eigenvalue weighted by Gasteiger charge is -2.20. The van der Waals surface area contributed by atoms with E-state index < -0.39 is 11.9 Å². The van der Waals surface area contributed by atoms with Gasteiger partial charge in [0, 0.05) is 24.4 Å². The molecule has 0 saturated carbocycles. The number of nitrogens with zero attached hydrogens (tertiary/aromatic N) is 3. The number of aromatic amines is 1. The molecule has 9 heteroatoms. The summed E-state index contributed by atoms with van der Waals surface area (Å²) in [5.41, 5.74) is 1.59. The molecule has 2 amide bonds. The van der Waals surface area contributed by atoms with Crippen molar-refractivity contribution >= 4 is 17.5 Å². The van der Waals surface area contributed by atoms with E-state index in [1.807, 2.05) is 26.8 Å². The molecule has 35 heavy (non-hydrogen) atoms. The summed E-state index contributed by atoms with van der Waals surface area (Å²) in [5.74, 6) is 5.64. The smallest absolute Gasteiger partial charge is 0.291 e. The molecule has 1 aromatic heterocycles. The van der Waals surface area contributed by atoms with E-state index in [2.05, 4.69) is 32.3 Å². The molecule has 0 fully saturated rings. The fourth-order valence-electron chi connectivity index (χ4n) is 3.46. The summed E-state index contributed by atoms with van der Waals surface area (Å²) >= 11 is 0. The standard InChI is InChI=1S/C26H26FN5O3/c1-26(2,3)12-11-16-9-10-21-20(13-16)32(4)25(34)19(15-35-21)28-24(33)23-29-22(30-31-23)14-17-7-5-6-8-18(17)27/h5-10,13,19H,14-15H2,1-4H3,(H,28,33)(H,29,30,31). The molecule has 3 aromatic rings. The third-order valence-electron chi connectivity index (χ3n) is 5.29. The summed E-state index contributed by atoms with van der Waals surface area (Å²) in [6, 6.07) is 10.7. The topological polar surface area (TPSA) is 100 Å². The first-order valence-corrected chi connectivity index (χ1v) is 11.1. The van der Waals surface area contributed by atoms with Crippen molar-refractivity contribution in [3.63, 3.8) is 0 Å². The third-order valence-corrected chi connectivity index (χ3v) is 5.29. The SMILES string of the molecule is CN1C(=O)C(NC(=O)c2n[nH]c(Cc3ccccc3F)n2)COc2ccc(C#CC(C)(C)C)cc21. The van der Waals surface area contributed by atoms with Gasteiger partial charge in [0.25, 0.3) is 11.8 Å². The molecule has 1 atom stereocenters. The highest BCUT2D eigenvalue weighted by Gasteiger charge is 2.31. The second-order valence-corrected chi connectivity index (χ2v) is 9.29. The third kappa shape index (κ3) is 5.66. The zero-order valence-electron chi connectivity index (χ0n) is 20.0. The van der Waals surface area contributed by atoms with Crippen molar-refractivity contribution in [3.05, 3.63) is 71.1 Å². The lowest BCUT2D eigenvalue weighted by atomic mass is 9.97. The number of fused-ring (bicyclic) bond motifs is 1. The number of H-pyrrole nitrogens is 1. The number of likely N-dealkylation sites (N-methyl/N-ethyl adjacent to an activating group) is 1. The number of rotatable bonds is 4. The number of nitrogens with one attached hydrogen (secondary N) is 2. The Hall–Kier alpha value is -4.19. The molecule has 2 N–H and O–H groups in total. The molecule has 0 aliphatic carbocycles. The van der Waals surface area contributed by atoms with Crippen molar-refractivity contribution < 1.29 is 18.7 Å². The summed E-state index contributed by atoms with van der Waals surface area (Å²) < 4.78 is 19.7. The Labute approximate surface area is 202 Å². The lowest BCUT2D eigenvalue weighted by Crippen LogP contribution is -2.49. The van der Waals surface area contributed by atoms with Crippen LogP contribution in [0.1, 0.15) is 48.3 Å². The molecule has 1 aliphatic heterocycles. The van der Waals surface area contributed by atoms with E-state index in [0.29, 0.717) is 22.8 Å². The molecule has 1 unspecified atom stereocenters. The predicted molar refractivity (Wildman–Crippen MR) is 129 cm³/mol. The van der Waals surface area contributed by atoms with Gasteiger partial charge in [-0.05, 0) is 50.6 Å². The van der Waals surface area contributed by atoms with E-state index in [-0.39, 0.29) is 36.0 Å². The maximum Gasteiger partial charge on any atom is 0.291 e. The van der Waals surface area contributed by atoms with Gasteiger partial charge in [-0.15, -0.1) is 5.10 Å². The number of carbonyl (C=O) groups excluding carboxylic acids is 2. The van der Waals surface area contributed by atoms with Crippen molar-refractivity contribution in [1.82, 2.24) is 20.5 Å². The van der Waals surface area contributed by atoms with Crippen LogP contribution in [0.3, 0.4) is 0 Å². The van der Waals surface area contributed by atoms with Crippen molar-refractivity contribution in [2.24, 2.45) is 5.41 Å². The van der Waals surface area contributed by atoms with Crippen LogP contribution in [0.15, 0.2) is 42.5 Å². The van der Waals surface area contributed by atoms with Crippen LogP contribution in [-0.4, -0.2) is 46.7 Å². The summed E-state index contributed by atoms with van der Waals surface area (Å²) in [6.45, 7) is 6.01. The summed E-state index contributed by atoms with van der Waals surface area (Å²) in [7, 11) is 1.62. The highest BCUT2D eigenvalue weighted by atomic mass is 19.1. The minimum Gasteiger partial charge on any atom is -0.489 e. The zero-order valence-corrected chi connectivity index (χ0v) is 20.0. The van der Waals surface area contributed by atoms with Crippen LogP contribution in [-0.2, 0) is 11.2 Å². The monoisotopic (exact) mass is 475 g/mol. The molecule has 2 aromatic carbocycles. The second kappa shape index (κ2) is 9.58. The van der Waals surface area contributed by atoms with Crippen LogP contribution >= 0.6 is 0 Å². The number of halogens is 1. The van der Waals surface area contributed by atoms with Crippen molar-refractivity contribution in [2.45, 2.75) is 33.2 Å². The van der Waals surface area contributed by atoms with E-state index in [0.717, 1.165) is 5.56 Å². The van der Waals surface area contributed by atoms with Gasteiger partial charge in [0.15, 0.2) is 0 Å². The molecule has 180 valence electrons. The Bertz CT molecular complexity index is 1330. The van der Waals surface area contributed by atoms with Crippen molar-refractivity contribution in [3.8, 4) is 17.6 Å². The van der Waals surface area contributed by atoms with Crippen LogP contribution in [0, 0.1) is 23.1 Å². The van der Waals surface area contributed by atoms with Crippen LogP contribution in [0.4, 0.5) is 10.1 Å². The Morgan fingerprint density at radius 3 is 2.80 bits per heavy atom. The van der Waals surface area contributed by atoms with Gasteiger partial charge in [-0.3, -0.25) is 14.7 Å². The van der Waals surface area contributed by atoms with Gasteiger partial charge in [-0.25, -0.2) is 9.37 Å². The molecule has 0 radical (unpaired) electrons. The van der Waals surface area contributed by atoms with E-state index >= 15 is 0 Å². The van der Waals surface area contributed by atoms with Crippen molar-refractivity contribution in [2.75, 3.05) is 18.6 Å². The van der Waals surface area contributed by atoms with E-state index in [9.17, 15) is 14.0 Å². The number of hydrogen-bond acceptors (Lipinski definition) is 5. The van der Waals surface area contributed by atoms with Gasteiger partial charge < -0.3 is 15.0 Å². The van der Waals surface area contributed by atoms with Gasteiger partial charge >= 0.3 is 0 Å². The van der Waals surface area contributed by atoms with E-state index in [1.165, 1.54) is 11.0 Å². The predicted octanol–water partition coefficient (Wildman–Crippen LogP) is 3.09. The lowest BCUT2D eigenvalue weighted by molar-refractivity contribution is -0.120. The molecule has 0 saturated heterocycles. The fourth-order valence-corrected chi connectivity index (χ4v) is 3.46. The Balaban J connectivity index is 1.46. The number of hydrogen-bond donors (Lipinski definition) is 2. The van der Waals surface area contributed by atoms with Crippen molar-refractivity contribution in [1.29, 1.82) is 0 Å². The highest BCUT2D eigenvalue weighted by molar-refractivity contribution is 6.02. The zero-order chi connectivity index (χ0) is 25.2. The number of anilines is 1. The minimum atomic E-state index is -0.947. The second-order valence-electron chi connectivity index (χ2n) is 9.29. The molecule has 8 nitrogen and oxygen atoms in total. The van der Waals surface area contributed by atoms with E-state index in [1.54, 1.807) is 37.4 Å². The summed E-state index contributed by atoms with van der Waals surface area (Å²) in [5, 5.41) is 9.20. The van der Waals surface area contributed by atoms with Gasteiger partial charge in [0.05, 0.1) is 5.69 Å². The molecule has 0 spiro atoms. The molecular weight excluding hydrogens is 449 g/mol. The van der Waals surface area contributed by atoms with Crippen LogP contribution in [0.2, 0.25) is 0 Å². The maximum absolute atomic E-state index is 13.9. The summed E-state index contributed by atoms with van der Waals surface area (Å²) in [4.78, 5) is 31.4. The fraction of sp³-hybridized carbons (Fsp3) is 0.308. The quantitative estimate of drug-likeness (QED) is 0.565. The number of amides is 2. The first-order valence-electron chi connectivity index (χ1n) is 11.1. The number of carbonyl (C=O) groups is 2. The van der Waals surface area contributed by atoms with Crippen LogP contribution in [0.5, 0.6) is 5.75 Å². The highest BCUT2D eigenvalue weighted by Crippen LogP contribution is 2.31. The Kier molecular flexibility index (Phi) is 6.56. The average Bonchev–Trinajstić information content (AvgIpc) is 3.25. The van der Waals surface area contributed by atoms with Crippen LogP contribution < -0.4 is 15.0 Å². The first kappa shape index (κ1) is 24.0. The molecule has 2 heterocycles. The van der Waals surface area contributed by atoms with E-state index in [4.69, 9.17) is 4.74 Å². The normalized spacial score (nSPS) is 15.4. The van der Waals surface area contributed by atoms with Gasteiger partial charge in [-0.1, -0.05) is 30.0 Å². The Morgan fingerprint density at radius 2 is 2.06 bits per heavy atom. The maximum atomic E-state index is 13.9. The first-order chi connectivity index (χ1) is 16.6. The largest absolute Gasteiger partial charge is 0.489 e. The number of benzene rings is 2. The minimum absolute atomic E-state index is 0.0541. The van der Waals surface area contributed by atoms with Gasteiger partial charge in [0.1, 0.15) is 30.0 Å². The number of aromatic nitrogens is 3. The average molecular weight is 476 g/mol. The Morgan fingerprint density at radius 1 is 1.29 bits per heavy atom. The van der Waals surface area contributed by atoms with Gasteiger partial charge in [0.2, 0.25) is 5.82 Å². The van der Waals surface area contributed by atoms with Crippen LogP contribution in [0.25, 0.3) is 0 Å².